The summed E-state index contributed by atoms with van der Waals surface area (Å²) in [5.74, 6) is -1.83. The van der Waals surface area contributed by atoms with E-state index in [2.05, 4.69) is 6.58 Å². The maximum atomic E-state index is 10.8. The van der Waals surface area contributed by atoms with Crippen molar-refractivity contribution in [3.8, 4) is 0 Å². The predicted octanol–water partition coefficient (Wildman–Crippen LogP) is 3.20. The fraction of sp³-hybridized carbons (Fsp3) is 0.350. The molecule has 0 saturated heterocycles. The van der Waals surface area contributed by atoms with Crippen LogP contribution in [0.25, 0.3) is 6.08 Å². The summed E-state index contributed by atoms with van der Waals surface area (Å²) in [6.07, 6.45) is 3.47. The largest absolute Gasteiger partial charge is 0.478 e. The lowest BCUT2D eigenvalue weighted by molar-refractivity contribution is -0.189. The zero-order chi connectivity index (χ0) is 20.7. The fourth-order valence-corrected chi connectivity index (χ4v) is 1.75. The van der Waals surface area contributed by atoms with Gasteiger partial charge in [0.25, 0.3) is 0 Å². The Bertz CT molecular complexity index is 622. The van der Waals surface area contributed by atoms with Crippen molar-refractivity contribution in [2.75, 3.05) is 6.61 Å². The van der Waals surface area contributed by atoms with E-state index in [4.69, 9.17) is 19.3 Å². The smallest absolute Gasteiger partial charge is 0.330 e. The highest BCUT2D eigenvalue weighted by atomic mass is 16.7. The molecule has 1 N–H and O–H groups in total. The van der Waals surface area contributed by atoms with Crippen molar-refractivity contribution in [1.82, 2.24) is 0 Å². The molecule has 0 bridgehead atoms. The quantitative estimate of drug-likeness (QED) is 0.400. The van der Waals surface area contributed by atoms with Gasteiger partial charge in [-0.05, 0) is 25.0 Å². The first-order chi connectivity index (χ1) is 12.8. The Labute approximate surface area is 159 Å². The van der Waals surface area contributed by atoms with Crippen molar-refractivity contribution in [3.63, 3.8) is 0 Å². The SMILES string of the molecule is C=CC(=O)OCC(CC)OC(C)OC(C)=O.O=C(O)/C=C/c1ccccc1. The number of hydrogen-bond acceptors (Lipinski definition) is 6. The molecular formula is C20H26O7. The van der Waals surface area contributed by atoms with Crippen LogP contribution < -0.4 is 0 Å². The molecule has 148 valence electrons. The number of ether oxygens (including phenoxy) is 3. The van der Waals surface area contributed by atoms with Gasteiger partial charge in [-0.3, -0.25) is 4.79 Å². The number of carboxylic acids is 1. The zero-order valence-electron chi connectivity index (χ0n) is 15.8. The number of benzene rings is 1. The van der Waals surface area contributed by atoms with Gasteiger partial charge in [0.05, 0.1) is 6.10 Å². The Kier molecular flexibility index (Phi) is 12.7. The molecule has 1 aromatic rings. The minimum absolute atomic E-state index is 0.118. The fourth-order valence-electron chi connectivity index (χ4n) is 1.75. The van der Waals surface area contributed by atoms with E-state index in [0.29, 0.717) is 6.42 Å². The minimum atomic E-state index is -0.922. The maximum Gasteiger partial charge on any atom is 0.330 e. The molecule has 0 aliphatic heterocycles. The third kappa shape index (κ3) is 14.0. The highest BCUT2D eigenvalue weighted by Crippen LogP contribution is 2.05. The molecule has 7 heteroatoms. The van der Waals surface area contributed by atoms with Gasteiger partial charge >= 0.3 is 17.9 Å². The Morgan fingerprint density at radius 3 is 2.33 bits per heavy atom. The lowest BCUT2D eigenvalue weighted by atomic mass is 10.2. The van der Waals surface area contributed by atoms with Gasteiger partial charge in [-0.1, -0.05) is 43.8 Å². The van der Waals surface area contributed by atoms with Gasteiger partial charge in [0.1, 0.15) is 6.61 Å². The van der Waals surface area contributed by atoms with E-state index in [9.17, 15) is 14.4 Å². The lowest BCUT2D eigenvalue weighted by Gasteiger charge is -2.20. The van der Waals surface area contributed by atoms with Crippen LogP contribution in [0.2, 0.25) is 0 Å². The summed E-state index contributed by atoms with van der Waals surface area (Å²) in [6, 6.07) is 9.31. The molecule has 1 aromatic carbocycles. The standard InChI is InChI=1S/C11H18O5.C9H8O2/c1-5-10(7-14-11(13)6-2)16-9(4)15-8(3)12;10-9(11)7-6-8-4-2-1-3-5-8/h6,9-10H,2,5,7H2,1,3-4H3;1-7H,(H,10,11)/b;7-6+. The van der Waals surface area contributed by atoms with Crippen LogP contribution >= 0.6 is 0 Å². The second-order valence-electron chi connectivity index (χ2n) is 5.26. The monoisotopic (exact) mass is 378 g/mol. The van der Waals surface area contributed by atoms with E-state index in [1.807, 2.05) is 37.3 Å². The van der Waals surface area contributed by atoms with Crippen molar-refractivity contribution in [1.29, 1.82) is 0 Å². The summed E-state index contributed by atoms with van der Waals surface area (Å²) >= 11 is 0. The van der Waals surface area contributed by atoms with Gasteiger partial charge in [0, 0.05) is 19.1 Å². The Balaban J connectivity index is 0.000000533. The number of esters is 2. The van der Waals surface area contributed by atoms with E-state index < -0.39 is 24.2 Å². The number of rotatable bonds is 9. The topological polar surface area (TPSA) is 99.1 Å². The van der Waals surface area contributed by atoms with E-state index in [1.165, 1.54) is 6.92 Å². The second kappa shape index (κ2) is 14.3. The molecule has 0 aliphatic rings. The van der Waals surface area contributed by atoms with Crippen LogP contribution in [0.3, 0.4) is 0 Å². The Morgan fingerprint density at radius 2 is 1.85 bits per heavy atom. The van der Waals surface area contributed by atoms with Crippen LogP contribution in [0.15, 0.2) is 49.1 Å². The Hall–Kier alpha value is -2.93. The molecule has 0 heterocycles. The number of carbonyl (C=O) groups is 3. The van der Waals surface area contributed by atoms with Gasteiger partial charge in [0.2, 0.25) is 6.29 Å². The lowest BCUT2D eigenvalue weighted by Crippen LogP contribution is -2.27. The molecule has 0 aliphatic carbocycles. The van der Waals surface area contributed by atoms with Gasteiger partial charge < -0.3 is 19.3 Å². The summed E-state index contributed by atoms with van der Waals surface area (Å²) in [5.41, 5.74) is 0.898. The molecule has 0 spiro atoms. The Morgan fingerprint density at radius 1 is 1.22 bits per heavy atom. The third-order valence-electron chi connectivity index (χ3n) is 2.97. The molecule has 2 unspecified atom stereocenters. The van der Waals surface area contributed by atoms with Crippen LogP contribution in [0.5, 0.6) is 0 Å². The van der Waals surface area contributed by atoms with Crippen molar-refractivity contribution < 1.29 is 33.7 Å². The maximum absolute atomic E-state index is 10.8. The number of hydrogen-bond donors (Lipinski definition) is 1. The molecule has 2 atom stereocenters. The summed E-state index contributed by atoms with van der Waals surface area (Å²) in [7, 11) is 0. The van der Waals surface area contributed by atoms with Crippen molar-refractivity contribution >= 4 is 24.0 Å². The van der Waals surface area contributed by atoms with E-state index in [1.54, 1.807) is 13.0 Å². The molecule has 0 saturated carbocycles. The van der Waals surface area contributed by atoms with E-state index in [-0.39, 0.29) is 12.7 Å². The molecule has 0 fully saturated rings. The predicted molar refractivity (Wildman–Crippen MR) is 101 cm³/mol. The van der Waals surface area contributed by atoms with Gasteiger partial charge in [0.15, 0.2) is 0 Å². The van der Waals surface area contributed by atoms with Crippen LogP contribution in [0.1, 0.15) is 32.8 Å². The highest BCUT2D eigenvalue weighted by Gasteiger charge is 2.15. The second-order valence-corrected chi connectivity index (χ2v) is 5.26. The number of carbonyl (C=O) groups excluding carboxylic acids is 2. The number of aliphatic carboxylic acids is 1. The van der Waals surface area contributed by atoms with Crippen LogP contribution in [0.4, 0.5) is 0 Å². The molecule has 1 rings (SSSR count). The highest BCUT2D eigenvalue weighted by molar-refractivity contribution is 5.85. The first kappa shape index (κ1) is 24.1. The average molecular weight is 378 g/mol. The summed E-state index contributed by atoms with van der Waals surface area (Å²) < 4.78 is 15.0. The summed E-state index contributed by atoms with van der Waals surface area (Å²) in [4.78, 5) is 31.5. The molecule has 27 heavy (non-hydrogen) atoms. The van der Waals surface area contributed by atoms with Crippen LogP contribution in [-0.4, -0.2) is 42.0 Å². The minimum Gasteiger partial charge on any atom is -0.478 e. The first-order valence-electron chi connectivity index (χ1n) is 8.36. The van der Waals surface area contributed by atoms with Gasteiger partial charge in [-0.25, -0.2) is 9.59 Å². The normalized spacial score (nSPS) is 12.3. The first-order valence-corrected chi connectivity index (χ1v) is 8.36. The average Bonchev–Trinajstić information content (AvgIpc) is 2.63. The van der Waals surface area contributed by atoms with Crippen molar-refractivity contribution in [3.05, 3.63) is 54.6 Å². The molecular weight excluding hydrogens is 352 g/mol. The molecule has 0 radical (unpaired) electrons. The molecule has 0 aromatic heterocycles. The van der Waals surface area contributed by atoms with E-state index in [0.717, 1.165) is 17.7 Å². The molecule has 0 amide bonds. The van der Waals surface area contributed by atoms with Crippen LogP contribution in [0, 0.1) is 0 Å². The summed E-state index contributed by atoms with van der Waals surface area (Å²) in [5, 5.41) is 8.29. The van der Waals surface area contributed by atoms with E-state index >= 15 is 0 Å². The van der Waals surface area contributed by atoms with Gasteiger partial charge in [-0.15, -0.1) is 0 Å². The van der Waals surface area contributed by atoms with Crippen LogP contribution in [-0.2, 0) is 28.6 Å². The molecule has 7 nitrogen and oxygen atoms in total. The van der Waals surface area contributed by atoms with Crippen molar-refractivity contribution in [2.45, 2.75) is 39.6 Å². The third-order valence-corrected chi connectivity index (χ3v) is 2.97. The number of carboxylic acid groups (broad SMARTS) is 1. The summed E-state index contributed by atoms with van der Waals surface area (Å²) in [6.45, 7) is 8.19. The van der Waals surface area contributed by atoms with Gasteiger partial charge in [-0.2, -0.15) is 0 Å². The zero-order valence-corrected chi connectivity index (χ0v) is 15.8. The van der Waals surface area contributed by atoms with Crippen molar-refractivity contribution in [2.24, 2.45) is 0 Å².